The number of furan rings is 1. The highest BCUT2D eigenvalue weighted by Gasteiger charge is 2.11. The number of rotatable bonds is 4. The summed E-state index contributed by atoms with van der Waals surface area (Å²) in [5.41, 5.74) is 1.55. The van der Waals surface area contributed by atoms with Gasteiger partial charge in [-0.3, -0.25) is 4.79 Å². The first-order valence-corrected chi connectivity index (χ1v) is 5.44. The van der Waals surface area contributed by atoms with Crippen LogP contribution in [0.1, 0.15) is 12.5 Å². The zero-order valence-corrected chi connectivity index (χ0v) is 9.86. The number of fused-ring (bicyclic) bond motifs is 1. The first-order valence-electron chi connectivity index (χ1n) is 5.44. The number of hydrogen-bond acceptors (Lipinski definition) is 4. The van der Waals surface area contributed by atoms with Gasteiger partial charge in [-0.2, -0.15) is 0 Å². The molecule has 0 saturated carbocycles. The summed E-state index contributed by atoms with van der Waals surface area (Å²) in [5.74, 6) is 0.487. The van der Waals surface area contributed by atoms with E-state index in [2.05, 4.69) is 0 Å². The van der Waals surface area contributed by atoms with Gasteiger partial charge in [0.25, 0.3) is 0 Å². The Kier molecular flexibility index (Phi) is 3.32. The van der Waals surface area contributed by atoms with Crippen LogP contribution in [0.2, 0.25) is 0 Å². The van der Waals surface area contributed by atoms with E-state index in [1.807, 2.05) is 12.1 Å². The van der Waals surface area contributed by atoms with Crippen LogP contribution in [0.4, 0.5) is 0 Å². The molecule has 0 radical (unpaired) electrons. The third-order valence-corrected chi connectivity index (χ3v) is 2.50. The lowest BCUT2D eigenvalue weighted by atomic mass is 10.1. The van der Waals surface area contributed by atoms with Crippen molar-refractivity contribution in [3.8, 4) is 5.75 Å². The first kappa shape index (κ1) is 11.5. The lowest BCUT2D eigenvalue weighted by Crippen LogP contribution is -2.06. The van der Waals surface area contributed by atoms with Crippen LogP contribution in [0.3, 0.4) is 0 Å². The molecule has 0 saturated heterocycles. The van der Waals surface area contributed by atoms with E-state index in [0.29, 0.717) is 12.2 Å². The third kappa shape index (κ3) is 2.41. The zero-order chi connectivity index (χ0) is 12.3. The molecular formula is C13H14O4. The van der Waals surface area contributed by atoms with Gasteiger partial charge in [-0.1, -0.05) is 0 Å². The second kappa shape index (κ2) is 4.91. The van der Waals surface area contributed by atoms with Gasteiger partial charge in [0.1, 0.15) is 11.3 Å². The molecular weight excluding hydrogens is 220 g/mol. The normalized spacial score (nSPS) is 10.5. The van der Waals surface area contributed by atoms with E-state index in [9.17, 15) is 4.79 Å². The summed E-state index contributed by atoms with van der Waals surface area (Å²) >= 11 is 0. The maximum Gasteiger partial charge on any atom is 0.310 e. The van der Waals surface area contributed by atoms with Gasteiger partial charge in [-0.15, -0.1) is 0 Å². The second-order valence-electron chi connectivity index (χ2n) is 3.60. The Morgan fingerprint density at radius 3 is 2.94 bits per heavy atom. The van der Waals surface area contributed by atoms with Crippen molar-refractivity contribution in [2.75, 3.05) is 13.7 Å². The average Bonchev–Trinajstić information content (AvgIpc) is 2.72. The van der Waals surface area contributed by atoms with Crippen LogP contribution in [0.5, 0.6) is 5.75 Å². The summed E-state index contributed by atoms with van der Waals surface area (Å²) in [6.07, 6.45) is 1.81. The monoisotopic (exact) mass is 234 g/mol. The van der Waals surface area contributed by atoms with E-state index in [-0.39, 0.29) is 12.4 Å². The van der Waals surface area contributed by atoms with Crippen molar-refractivity contribution in [2.24, 2.45) is 0 Å². The predicted octanol–water partition coefficient (Wildman–Crippen LogP) is 2.55. The molecule has 4 nitrogen and oxygen atoms in total. The van der Waals surface area contributed by atoms with Crippen LogP contribution in [0.25, 0.3) is 11.0 Å². The maximum absolute atomic E-state index is 11.4. The smallest absolute Gasteiger partial charge is 0.310 e. The Morgan fingerprint density at radius 2 is 2.24 bits per heavy atom. The van der Waals surface area contributed by atoms with Crippen molar-refractivity contribution in [1.29, 1.82) is 0 Å². The van der Waals surface area contributed by atoms with Crippen molar-refractivity contribution in [1.82, 2.24) is 0 Å². The fourth-order valence-corrected chi connectivity index (χ4v) is 1.69. The number of hydrogen-bond donors (Lipinski definition) is 0. The minimum absolute atomic E-state index is 0.229. The molecule has 2 aromatic rings. The van der Waals surface area contributed by atoms with Gasteiger partial charge < -0.3 is 13.9 Å². The summed E-state index contributed by atoms with van der Waals surface area (Å²) in [5, 5.41) is 0.916. The highest BCUT2D eigenvalue weighted by Crippen LogP contribution is 2.25. The molecule has 4 heteroatoms. The van der Waals surface area contributed by atoms with Gasteiger partial charge in [-0.05, 0) is 19.1 Å². The van der Waals surface area contributed by atoms with E-state index >= 15 is 0 Å². The van der Waals surface area contributed by atoms with Crippen molar-refractivity contribution in [3.63, 3.8) is 0 Å². The molecule has 0 N–H and O–H groups in total. The molecule has 0 aliphatic rings. The van der Waals surface area contributed by atoms with Crippen LogP contribution in [0, 0.1) is 0 Å². The van der Waals surface area contributed by atoms with E-state index < -0.39 is 0 Å². The molecule has 0 spiro atoms. The number of ether oxygens (including phenoxy) is 2. The van der Waals surface area contributed by atoms with Gasteiger partial charge in [0.15, 0.2) is 0 Å². The molecule has 0 amide bonds. The largest absolute Gasteiger partial charge is 0.497 e. The van der Waals surface area contributed by atoms with Crippen molar-refractivity contribution in [2.45, 2.75) is 13.3 Å². The number of esters is 1. The number of methoxy groups -OCH3 is 1. The molecule has 0 aliphatic heterocycles. The zero-order valence-electron chi connectivity index (χ0n) is 9.86. The summed E-state index contributed by atoms with van der Waals surface area (Å²) in [4.78, 5) is 11.4. The fraction of sp³-hybridized carbons (Fsp3) is 0.308. The molecule has 2 rings (SSSR count). The molecule has 0 bridgehead atoms. The molecule has 90 valence electrons. The van der Waals surface area contributed by atoms with Gasteiger partial charge in [0.05, 0.1) is 26.4 Å². The van der Waals surface area contributed by atoms with Crippen molar-refractivity contribution >= 4 is 16.9 Å². The molecule has 0 unspecified atom stereocenters. The first-order chi connectivity index (χ1) is 8.24. The SMILES string of the molecule is CCOC(=O)Cc1coc2cc(OC)ccc12. The Labute approximate surface area is 99.1 Å². The van der Waals surface area contributed by atoms with Gasteiger partial charge in [0, 0.05) is 17.0 Å². The minimum atomic E-state index is -0.244. The molecule has 17 heavy (non-hydrogen) atoms. The molecule has 0 atom stereocenters. The Morgan fingerprint density at radius 1 is 1.41 bits per heavy atom. The molecule has 1 aromatic carbocycles. The molecule has 0 fully saturated rings. The van der Waals surface area contributed by atoms with Gasteiger partial charge in [-0.25, -0.2) is 0 Å². The maximum atomic E-state index is 11.4. The van der Waals surface area contributed by atoms with Crippen LogP contribution in [-0.2, 0) is 16.0 Å². The van der Waals surface area contributed by atoms with Crippen LogP contribution in [0.15, 0.2) is 28.9 Å². The number of carbonyl (C=O) groups excluding carboxylic acids is 1. The third-order valence-electron chi connectivity index (χ3n) is 2.50. The van der Waals surface area contributed by atoms with E-state index in [1.54, 1.807) is 26.4 Å². The average molecular weight is 234 g/mol. The van der Waals surface area contributed by atoms with Crippen molar-refractivity contribution < 1.29 is 18.7 Å². The van der Waals surface area contributed by atoms with E-state index in [0.717, 1.165) is 16.7 Å². The fourth-order valence-electron chi connectivity index (χ4n) is 1.69. The summed E-state index contributed by atoms with van der Waals surface area (Å²) in [6.45, 7) is 2.18. The second-order valence-corrected chi connectivity index (χ2v) is 3.60. The standard InChI is InChI=1S/C13H14O4/c1-3-16-13(14)6-9-8-17-12-7-10(15-2)4-5-11(9)12/h4-5,7-8H,3,6H2,1-2H3. The number of benzene rings is 1. The summed E-state index contributed by atoms with van der Waals surface area (Å²) < 4.78 is 15.4. The van der Waals surface area contributed by atoms with Crippen LogP contribution < -0.4 is 4.74 Å². The van der Waals surface area contributed by atoms with Crippen LogP contribution in [-0.4, -0.2) is 19.7 Å². The predicted molar refractivity (Wildman–Crippen MR) is 63.1 cm³/mol. The summed E-state index contributed by atoms with van der Waals surface area (Å²) in [7, 11) is 1.60. The lowest BCUT2D eigenvalue weighted by molar-refractivity contribution is -0.142. The lowest BCUT2D eigenvalue weighted by Gasteiger charge is -2.00. The van der Waals surface area contributed by atoms with E-state index in [4.69, 9.17) is 13.9 Å². The minimum Gasteiger partial charge on any atom is -0.497 e. The number of carbonyl (C=O) groups is 1. The highest BCUT2D eigenvalue weighted by atomic mass is 16.5. The van der Waals surface area contributed by atoms with Gasteiger partial charge >= 0.3 is 5.97 Å². The highest BCUT2D eigenvalue weighted by molar-refractivity contribution is 5.86. The summed E-state index contributed by atoms with van der Waals surface area (Å²) in [6, 6.07) is 5.52. The topological polar surface area (TPSA) is 48.7 Å². The Hall–Kier alpha value is -1.97. The molecule has 1 aromatic heterocycles. The Balaban J connectivity index is 2.27. The van der Waals surface area contributed by atoms with Crippen molar-refractivity contribution in [3.05, 3.63) is 30.0 Å². The molecule has 1 heterocycles. The quantitative estimate of drug-likeness (QED) is 0.763. The van der Waals surface area contributed by atoms with Crippen LogP contribution >= 0.6 is 0 Å². The van der Waals surface area contributed by atoms with Gasteiger partial charge in [0.2, 0.25) is 0 Å². The molecule has 0 aliphatic carbocycles. The van der Waals surface area contributed by atoms with E-state index in [1.165, 1.54) is 0 Å². The Bertz CT molecular complexity index is 527.